The predicted octanol–water partition coefficient (Wildman–Crippen LogP) is -0.230. The van der Waals surface area contributed by atoms with E-state index in [1.165, 1.54) is 6.20 Å². The Hall–Kier alpha value is -1.16. The lowest BCUT2D eigenvalue weighted by Crippen LogP contribution is -2.36. The van der Waals surface area contributed by atoms with Crippen LogP contribution < -0.4 is 10.7 Å². The molecule has 0 aromatic heterocycles. The van der Waals surface area contributed by atoms with Crippen LogP contribution in [0.25, 0.3) is 0 Å². The molecule has 0 radical (unpaired) electrons. The lowest BCUT2D eigenvalue weighted by molar-refractivity contribution is -0.0815. The molecule has 0 fully saturated rings. The zero-order chi connectivity index (χ0) is 6.69. The Morgan fingerprint density at radius 2 is 2.56 bits per heavy atom. The van der Waals surface area contributed by atoms with Crippen molar-refractivity contribution in [1.29, 1.82) is 0 Å². The minimum absolute atomic E-state index is 0.764. The average Bonchev–Trinajstić information content (AvgIpc) is 1.88. The molecule has 50 valence electrons. The Morgan fingerprint density at radius 1 is 1.78 bits per heavy atom. The molecule has 0 aromatic carbocycles. The van der Waals surface area contributed by atoms with Crippen molar-refractivity contribution in [3.05, 3.63) is 24.2 Å². The Balaban J connectivity index is 2.55. The summed E-state index contributed by atoms with van der Waals surface area (Å²) in [6.45, 7) is 0. The number of rotatable bonds is 1. The molecule has 9 heavy (non-hydrogen) atoms. The minimum atomic E-state index is 0.764. The largest absolute Gasteiger partial charge is 0.374 e. The van der Waals surface area contributed by atoms with E-state index in [1.807, 2.05) is 6.08 Å². The summed E-state index contributed by atoms with van der Waals surface area (Å²) in [6.07, 6.45) is 5.04. The van der Waals surface area contributed by atoms with Gasteiger partial charge in [-0.25, -0.2) is 0 Å². The van der Waals surface area contributed by atoms with E-state index in [4.69, 9.17) is 5.21 Å². The third-order valence-electron chi connectivity index (χ3n) is 0.994. The first-order chi connectivity index (χ1) is 4.33. The fraction of sp³-hybridized carbons (Fsp3) is 0.200. The van der Waals surface area contributed by atoms with Gasteiger partial charge in [-0.3, -0.25) is 10.6 Å². The summed E-state index contributed by atoms with van der Waals surface area (Å²) in [5.41, 5.74) is 2.62. The second-order valence-electron chi connectivity index (χ2n) is 1.63. The predicted molar refractivity (Wildman–Crippen MR) is 33.0 cm³/mol. The maximum Gasteiger partial charge on any atom is 0.119 e. The molecule has 0 atom stereocenters. The molecule has 1 aliphatic rings. The van der Waals surface area contributed by atoms with E-state index in [9.17, 15) is 0 Å². The van der Waals surface area contributed by atoms with Crippen LogP contribution >= 0.6 is 0 Å². The zero-order valence-corrected chi connectivity index (χ0v) is 5.13. The smallest absolute Gasteiger partial charge is 0.119 e. The van der Waals surface area contributed by atoms with Crippen molar-refractivity contribution in [2.24, 2.45) is 0 Å². The van der Waals surface area contributed by atoms with Gasteiger partial charge in [0.2, 0.25) is 0 Å². The van der Waals surface area contributed by atoms with Crippen molar-refractivity contribution in [1.82, 2.24) is 15.9 Å². The van der Waals surface area contributed by atoms with Crippen LogP contribution in [-0.4, -0.2) is 17.4 Å². The van der Waals surface area contributed by atoms with E-state index in [1.54, 1.807) is 13.1 Å². The molecule has 1 heterocycles. The highest BCUT2D eigenvalue weighted by Gasteiger charge is 1.97. The van der Waals surface area contributed by atoms with E-state index in [2.05, 4.69) is 10.7 Å². The van der Waals surface area contributed by atoms with Crippen LogP contribution in [0.2, 0.25) is 0 Å². The number of allylic oxidation sites excluding steroid dienone is 2. The van der Waals surface area contributed by atoms with Crippen LogP contribution in [0.1, 0.15) is 0 Å². The van der Waals surface area contributed by atoms with Crippen molar-refractivity contribution in [3.8, 4) is 0 Å². The monoisotopic (exact) mass is 127 g/mol. The zero-order valence-electron chi connectivity index (χ0n) is 5.13. The third kappa shape index (κ3) is 1.36. The third-order valence-corrected chi connectivity index (χ3v) is 0.994. The number of hydrogen-bond acceptors (Lipinski definition) is 4. The van der Waals surface area contributed by atoms with Crippen LogP contribution in [0, 0.1) is 0 Å². The van der Waals surface area contributed by atoms with Gasteiger partial charge in [0.15, 0.2) is 0 Å². The van der Waals surface area contributed by atoms with Crippen LogP contribution in [0.5, 0.6) is 0 Å². The highest BCUT2D eigenvalue weighted by molar-refractivity contribution is 5.11. The molecule has 0 unspecified atom stereocenters. The van der Waals surface area contributed by atoms with Gasteiger partial charge in [-0.1, -0.05) is 0 Å². The van der Waals surface area contributed by atoms with Gasteiger partial charge in [0.05, 0.1) is 6.20 Å². The number of hydroxylamine groups is 1. The van der Waals surface area contributed by atoms with E-state index in [0.717, 1.165) is 11.0 Å². The molecule has 0 saturated heterocycles. The normalized spacial score (nSPS) is 16.7. The molecule has 1 rings (SSSR count). The molecule has 4 heteroatoms. The van der Waals surface area contributed by atoms with Crippen molar-refractivity contribution in [2.45, 2.75) is 0 Å². The fourth-order valence-corrected chi connectivity index (χ4v) is 0.558. The topological polar surface area (TPSA) is 47.5 Å². The fourth-order valence-electron chi connectivity index (χ4n) is 0.558. The molecule has 0 aromatic rings. The Morgan fingerprint density at radius 3 is 3.00 bits per heavy atom. The first-order valence-electron chi connectivity index (χ1n) is 2.64. The summed E-state index contributed by atoms with van der Waals surface area (Å²) in [7, 11) is 1.77. The van der Waals surface area contributed by atoms with Crippen molar-refractivity contribution in [2.75, 3.05) is 7.05 Å². The Kier molecular flexibility index (Phi) is 1.60. The summed E-state index contributed by atoms with van der Waals surface area (Å²) in [5.74, 6) is 0.764. The van der Waals surface area contributed by atoms with Gasteiger partial charge < -0.3 is 5.32 Å². The van der Waals surface area contributed by atoms with Gasteiger partial charge in [0.1, 0.15) is 5.82 Å². The van der Waals surface area contributed by atoms with Gasteiger partial charge in [-0.2, -0.15) is 5.17 Å². The van der Waals surface area contributed by atoms with Crippen molar-refractivity contribution >= 4 is 0 Å². The average molecular weight is 127 g/mol. The number of hydrazine groups is 1. The lowest BCUT2D eigenvalue weighted by Gasteiger charge is -2.19. The molecule has 0 spiro atoms. The summed E-state index contributed by atoms with van der Waals surface area (Å²) >= 11 is 0. The van der Waals surface area contributed by atoms with Crippen LogP contribution in [0.3, 0.4) is 0 Å². The van der Waals surface area contributed by atoms with Crippen molar-refractivity contribution in [3.63, 3.8) is 0 Å². The first kappa shape index (κ1) is 5.97. The summed E-state index contributed by atoms with van der Waals surface area (Å²) in [6, 6.07) is 0. The highest BCUT2D eigenvalue weighted by Crippen LogP contribution is 1.93. The van der Waals surface area contributed by atoms with Crippen LogP contribution in [-0.2, 0) is 0 Å². The summed E-state index contributed by atoms with van der Waals surface area (Å²) in [5, 5.41) is 12.5. The molecule has 1 aliphatic heterocycles. The van der Waals surface area contributed by atoms with Crippen LogP contribution in [0.15, 0.2) is 24.2 Å². The van der Waals surface area contributed by atoms with E-state index in [-0.39, 0.29) is 0 Å². The number of nitrogens with one attached hydrogen (secondary N) is 2. The van der Waals surface area contributed by atoms with Gasteiger partial charge in [-0.15, -0.1) is 0 Å². The minimum Gasteiger partial charge on any atom is -0.374 e. The van der Waals surface area contributed by atoms with Gasteiger partial charge in [-0.05, 0) is 12.2 Å². The molecule has 4 nitrogen and oxygen atoms in total. The van der Waals surface area contributed by atoms with E-state index < -0.39 is 0 Å². The van der Waals surface area contributed by atoms with Crippen molar-refractivity contribution < 1.29 is 5.21 Å². The van der Waals surface area contributed by atoms with Gasteiger partial charge in [0.25, 0.3) is 0 Å². The molecule has 3 N–H and O–H groups in total. The maximum atomic E-state index is 8.77. The summed E-state index contributed by atoms with van der Waals surface area (Å²) < 4.78 is 0. The molecular formula is C5H9N3O. The highest BCUT2D eigenvalue weighted by atomic mass is 16.5. The molecule has 0 saturated carbocycles. The number of nitrogens with zero attached hydrogens (tertiary/aromatic N) is 1. The quantitative estimate of drug-likeness (QED) is 0.455. The van der Waals surface area contributed by atoms with E-state index in [0.29, 0.717) is 0 Å². The standard InChI is InChI=1S/C5H9N3O/c1-6-5-3-2-4-8(9)7-5/h2-4,6-7,9H,1H3. The molecule has 0 amide bonds. The lowest BCUT2D eigenvalue weighted by atomic mass is 10.5. The molecule has 0 aliphatic carbocycles. The Labute approximate surface area is 53.4 Å². The molecule has 0 bridgehead atoms. The van der Waals surface area contributed by atoms with Gasteiger partial charge in [0, 0.05) is 7.05 Å². The summed E-state index contributed by atoms with van der Waals surface area (Å²) in [4.78, 5) is 0. The van der Waals surface area contributed by atoms with Gasteiger partial charge >= 0.3 is 0 Å². The van der Waals surface area contributed by atoms with E-state index >= 15 is 0 Å². The Bertz CT molecular complexity index is 152. The van der Waals surface area contributed by atoms with Crippen LogP contribution in [0.4, 0.5) is 0 Å². The molecular weight excluding hydrogens is 118 g/mol. The second-order valence-corrected chi connectivity index (χ2v) is 1.63. The maximum absolute atomic E-state index is 8.77. The second kappa shape index (κ2) is 2.41. The first-order valence-corrected chi connectivity index (χ1v) is 2.64. The SMILES string of the molecule is CNC1=CC=CN(O)N1. The number of hydrogen-bond donors (Lipinski definition) is 3.